The fraction of sp³-hybridized carbons (Fsp3) is 0.625. The highest BCUT2D eigenvalue weighted by molar-refractivity contribution is 8.03. The summed E-state index contributed by atoms with van der Waals surface area (Å²) in [5.74, 6) is 1.29. The molecule has 2 rings (SSSR count). The zero-order valence-electron chi connectivity index (χ0n) is 7.73. The van der Waals surface area contributed by atoms with Crippen LogP contribution in [-0.4, -0.2) is 28.0 Å². The van der Waals surface area contributed by atoms with Crippen LogP contribution in [0.1, 0.15) is 12.8 Å². The summed E-state index contributed by atoms with van der Waals surface area (Å²) in [6, 6.07) is 0. The number of rotatable bonds is 5. The van der Waals surface area contributed by atoms with Crippen molar-refractivity contribution in [3.05, 3.63) is 0 Å². The van der Waals surface area contributed by atoms with Crippen molar-refractivity contribution in [1.29, 1.82) is 0 Å². The molecule has 1 aromatic rings. The smallest absolute Gasteiger partial charge is 0.175 e. The van der Waals surface area contributed by atoms with Gasteiger partial charge in [-0.1, -0.05) is 34.9 Å². The molecule has 1 fully saturated rings. The molecule has 6 heteroatoms. The van der Waals surface area contributed by atoms with E-state index in [4.69, 9.17) is 0 Å². The Kier molecular flexibility index (Phi) is 3.46. The first kappa shape index (κ1) is 10.4. The van der Waals surface area contributed by atoms with E-state index in [1.165, 1.54) is 11.8 Å². The van der Waals surface area contributed by atoms with Gasteiger partial charge in [0.15, 0.2) is 8.68 Å². The average molecular weight is 246 g/mol. The fourth-order valence-corrected chi connectivity index (χ4v) is 3.41. The number of hydrogen-bond donors (Lipinski definition) is 0. The molecule has 0 bridgehead atoms. The molecule has 0 aliphatic heterocycles. The van der Waals surface area contributed by atoms with Crippen molar-refractivity contribution in [3.8, 4) is 0 Å². The number of carbonyl (C=O) groups is 1. The van der Waals surface area contributed by atoms with Crippen LogP contribution < -0.4 is 0 Å². The van der Waals surface area contributed by atoms with Gasteiger partial charge in [0.1, 0.15) is 5.78 Å². The highest BCUT2D eigenvalue weighted by Gasteiger charge is 2.29. The van der Waals surface area contributed by atoms with Gasteiger partial charge in [-0.05, 0) is 19.1 Å². The van der Waals surface area contributed by atoms with Gasteiger partial charge < -0.3 is 0 Å². The number of carbonyl (C=O) groups excluding carboxylic acids is 1. The second-order valence-electron chi connectivity index (χ2n) is 3.07. The van der Waals surface area contributed by atoms with Gasteiger partial charge in [-0.25, -0.2) is 0 Å². The van der Waals surface area contributed by atoms with Crippen LogP contribution in [0.4, 0.5) is 0 Å². The summed E-state index contributed by atoms with van der Waals surface area (Å²) in [4.78, 5) is 11.4. The zero-order chi connectivity index (χ0) is 9.97. The Morgan fingerprint density at radius 3 is 2.79 bits per heavy atom. The molecule has 1 aromatic heterocycles. The van der Waals surface area contributed by atoms with E-state index in [1.807, 2.05) is 6.26 Å². The van der Waals surface area contributed by atoms with E-state index in [-0.39, 0.29) is 0 Å². The van der Waals surface area contributed by atoms with Gasteiger partial charge in [-0.3, -0.25) is 4.79 Å². The maximum absolute atomic E-state index is 11.4. The van der Waals surface area contributed by atoms with Crippen LogP contribution in [0.15, 0.2) is 8.68 Å². The molecule has 3 nitrogen and oxygen atoms in total. The molecule has 0 saturated heterocycles. The molecule has 1 saturated carbocycles. The third-order valence-corrected chi connectivity index (χ3v) is 4.99. The van der Waals surface area contributed by atoms with Crippen LogP contribution in [0.25, 0.3) is 0 Å². The van der Waals surface area contributed by atoms with Crippen molar-refractivity contribution < 1.29 is 4.79 Å². The molecule has 1 aliphatic carbocycles. The molecule has 1 aliphatic rings. The van der Waals surface area contributed by atoms with Gasteiger partial charge in [-0.2, -0.15) is 0 Å². The normalized spacial score (nSPS) is 15.8. The van der Waals surface area contributed by atoms with Gasteiger partial charge in [0.05, 0.1) is 5.75 Å². The number of aromatic nitrogens is 2. The summed E-state index contributed by atoms with van der Waals surface area (Å²) in [6.07, 6.45) is 4.15. The Bertz CT molecular complexity index is 335. The van der Waals surface area contributed by atoms with Gasteiger partial charge >= 0.3 is 0 Å². The lowest BCUT2D eigenvalue weighted by molar-refractivity contribution is -0.117. The summed E-state index contributed by atoms with van der Waals surface area (Å²) in [5.41, 5.74) is 0. The highest BCUT2D eigenvalue weighted by Crippen LogP contribution is 2.33. The number of nitrogens with zero attached hydrogens (tertiary/aromatic N) is 2. The third kappa shape index (κ3) is 2.71. The van der Waals surface area contributed by atoms with E-state index in [0.717, 1.165) is 21.5 Å². The minimum atomic E-state index is 0.357. The van der Waals surface area contributed by atoms with Crippen LogP contribution in [0.3, 0.4) is 0 Å². The van der Waals surface area contributed by atoms with Crippen LogP contribution >= 0.6 is 34.9 Å². The fourth-order valence-electron chi connectivity index (χ4n) is 0.994. The monoisotopic (exact) mass is 246 g/mol. The van der Waals surface area contributed by atoms with Crippen LogP contribution in [0, 0.1) is 5.92 Å². The number of Topliss-reactive ketones (excluding diaryl/α,β-unsaturated/α-hetero) is 1. The second-order valence-corrected chi connectivity index (χ2v) is 6.32. The standard InChI is InChI=1S/C8H10N2OS3/c1-12-7-9-10-8(14-7)13-4-6(11)5-2-3-5/h5H,2-4H2,1H3. The van der Waals surface area contributed by atoms with Crippen LogP contribution in [-0.2, 0) is 4.79 Å². The predicted molar refractivity (Wildman–Crippen MR) is 60.1 cm³/mol. The molecular formula is C8H10N2OS3. The molecule has 0 unspecified atom stereocenters. The van der Waals surface area contributed by atoms with Crippen LogP contribution in [0.2, 0.25) is 0 Å². The van der Waals surface area contributed by atoms with Crippen molar-refractivity contribution in [2.45, 2.75) is 21.5 Å². The molecular weight excluding hydrogens is 236 g/mol. The summed E-state index contributed by atoms with van der Waals surface area (Å²) in [5, 5.41) is 7.97. The molecule has 76 valence electrons. The summed E-state index contributed by atoms with van der Waals surface area (Å²) < 4.78 is 1.87. The Labute approximate surface area is 95.1 Å². The molecule has 0 spiro atoms. The van der Waals surface area contributed by atoms with Crippen molar-refractivity contribution in [2.75, 3.05) is 12.0 Å². The molecule has 0 N–H and O–H groups in total. The van der Waals surface area contributed by atoms with E-state index >= 15 is 0 Å². The number of hydrogen-bond acceptors (Lipinski definition) is 6. The third-order valence-electron chi connectivity index (χ3n) is 1.93. The first-order valence-corrected chi connectivity index (χ1v) is 7.35. The molecule has 0 amide bonds. The predicted octanol–water partition coefficient (Wildman–Crippen LogP) is 2.33. The molecule has 0 atom stereocenters. The van der Waals surface area contributed by atoms with E-state index in [9.17, 15) is 4.79 Å². The Morgan fingerprint density at radius 2 is 2.21 bits per heavy atom. The van der Waals surface area contributed by atoms with Gasteiger partial charge in [0.25, 0.3) is 0 Å². The minimum Gasteiger partial charge on any atom is -0.298 e. The quantitative estimate of drug-likeness (QED) is 0.746. The summed E-state index contributed by atoms with van der Waals surface area (Å²) in [6.45, 7) is 0. The van der Waals surface area contributed by atoms with E-state index in [2.05, 4.69) is 10.2 Å². The summed E-state index contributed by atoms with van der Waals surface area (Å²) >= 11 is 4.66. The van der Waals surface area contributed by atoms with E-state index in [0.29, 0.717) is 17.5 Å². The first-order chi connectivity index (χ1) is 6.79. The number of thioether (sulfide) groups is 2. The minimum absolute atomic E-state index is 0.357. The van der Waals surface area contributed by atoms with Gasteiger partial charge in [-0.15, -0.1) is 10.2 Å². The highest BCUT2D eigenvalue weighted by atomic mass is 32.2. The molecule has 14 heavy (non-hydrogen) atoms. The second kappa shape index (κ2) is 4.63. The summed E-state index contributed by atoms with van der Waals surface area (Å²) in [7, 11) is 0. The van der Waals surface area contributed by atoms with E-state index in [1.54, 1.807) is 23.1 Å². The largest absolute Gasteiger partial charge is 0.298 e. The lowest BCUT2D eigenvalue weighted by atomic mass is 10.3. The average Bonchev–Trinajstić information content (AvgIpc) is 2.94. The first-order valence-electron chi connectivity index (χ1n) is 4.32. The van der Waals surface area contributed by atoms with Gasteiger partial charge in [0, 0.05) is 5.92 Å². The Morgan fingerprint density at radius 1 is 1.50 bits per heavy atom. The maximum Gasteiger partial charge on any atom is 0.175 e. The van der Waals surface area contributed by atoms with Crippen LogP contribution in [0.5, 0.6) is 0 Å². The molecule has 0 radical (unpaired) electrons. The topological polar surface area (TPSA) is 42.9 Å². The zero-order valence-corrected chi connectivity index (χ0v) is 10.2. The van der Waals surface area contributed by atoms with Crippen molar-refractivity contribution in [2.24, 2.45) is 5.92 Å². The Balaban J connectivity index is 1.81. The molecule has 0 aromatic carbocycles. The lowest BCUT2D eigenvalue weighted by Crippen LogP contribution is -2.02. The lowest BCUT2D eigenvalue weighted by Gasteiger charge is -1.93. The Hall–Kier alpha value is -0.0700. The van der Waals surface area contributed by atoms with Gasteiger partial charge in [0.2, 0.25) is 0 Å². The SMILES string of the molecule is CSc1nnc(SCC(=O)C2CC2)s1. The van der Waals surface area contributed by atoms with Crippen molar-refractivity contribution in [1.82, 2.24) is 10.2 Å². The van der Waals surface area contributed by atoms with Crippen molar-refractivity contribution >= 4 is 40.6 Å². The van der Waals surface area contributed by atoms with Crippen molar-refractivity contribution in [3.63, 3.8) is 0 Å². The maximum atomic E-state index is 11.4. The molecule has 1 heterocycles. The van der Waals surface area contributed by atoms with E-state index < -0.39 is 0 Å². The number of ketones is 1.